The molecule has 0 fully saturated rings. The van der Waals surface area contributed by atoms with Gasteiger partial charge in [0.15, 0.2) is 6.10 Å². The van der Waals surface area contributed by atoms with E-state index in [2.05, 4.69) is 0 Å². The van der Waals surface area contributed by atoms with E-state index < -0.39 is 12.1 Å². The van der Waals surface area contributed by atoms with Crippen LogP contribution in [-0.2, 0) is 9.53 Å². The zero-order chi connectivity index (χ0) is 12.0. The van der Waals surface area contributed by atoms with Gasteiger partial charge >= 0.3 is 5.97 Å². The molecule has 1 N–H and O–H groups in total. The Morgan fingerprint density at radius 1 is 1.56 bits per heavy atom. The molecule has 1 rings (SSSR count). The first-order valence-corrected chi connectivity index (χ1v) is 6.23. The number of ether oxygens (including phenoxy) is 1. The zero-order valence-electron chi connectivity index (χ0n) is 8.85. The zero-order valence-corrected chi connectivity index (χ0v) is 10.4. The highest BCUT2D eigenvalue weighted by Crippen LogP contribution is 2.27. The van der Waals surface area contributed by atoms with Crippen LogP contribution in [0, 0.1) is 0 Å². The molecule has 0 radical (unpaired) electrons. The molecule has 1 aromatic rings. The van der Waals surface area contributed by atoms with E-state index in [9.17, 15) is 4.79 Å². The van der Waals surface area contributed by atoms with Gasteiger partial charge < -0.3 is 9.84 Å². The predicted octanol–water partition coefficient (Wildman–Crippen LogP) is 2.92. The lowest BCUT2D eigenvalue weighted by Crippen LogP contribution is -2.26. The molecule has 0 bridgehead atoms. The Morgan fingerprint density at radius 2 is 2.25 bits per heavy atom. The average molecular weight is 261 g/mol. The second kappa shape index (κ2) is 6.78. The summed E-state index contributed by atoms with van der Waals surface area (Å²) in [5, 5.41) is 9.51. The molecule has 16 heavy (non-hydrogen) atoms. The smallest absolute Gasteiger partial charge is 0.333 e. The van der Waals surface area contributed by atoms with E-state index in [0.29, 0.717) is 17.4 Å². The number of rotatable bonds is 6. The highest BCUT2D eigenvalue weighted by atomic mass is 35.5. The Hall–Kier alpha value is -0.710. The molecule has 0 aliphatic carbocycles. The third-order valence-corrected chi connectivity index (χ3v) is 3.45. The van der Waals surface area contributed by atoms with Gasteiger partial charge in [-0.3, -0.25) is 0 Å². The second-order valence-corrected chi connectivity index (χ2v) is 4.49. The predicted molar refractivity (Wildman–Crippen MR) is 65.2 cm³/mol. The fourth-order valence-electron chi connectivity index (χ4n) is 1.12. The van der Waals surface area contributed by atoms with E-state index >= 15 is 0 Å². The molecule has 0 aliphatic heterocycles. The van der Waals surface area contributed by atoms with Crippen molar-refractivity contribution >= 4 is 29.3 Å². The topological polar surface area (TPSA) is 46.5 Å². The lowest BCUT2D eigenvalue weighted by molar-refractivity contribution is -0.148. The van der Waals surface area contributed by atoms with Crippen LogP contribution < -0.4 is 0 Å². The minimum absolute atomic E-state index is 0.354. The largest absolute Gasteiger partial charge is 0.479 e. The maximum Gasteiger partial charge on any atom is 0.333 e. The maximum atomic E-state index is 10.8. The number of halogens is 1. The van der Waals surface area contributed by atoms with E-state index in [1.54, 1.807) is 13.0 Å². The Morgan fingerprint density at radius 3 is 2.81 bits per heavy atom. The van der Waals surface area contributed by atoms with E-state index in [-0.39, 0.29) is 0 Å². The third kappa shape index (κ3) is 4.04. The summed E-state index contributed by atoms with van der Waals surface area (Å²) in [6, 6.07) is 7.34. The number of hydrogen-bond donors (Lipinski definition) is 1. The van der Waals surface area contributed by atoms with E-state index in [0.717, 1.165) is 4.90 Å². The summed E-state index contributed by atoms with van der Waals surface area (Å²) in [5.41, 5.74) is 0. The van der Waals surface area contributed by atoms with Crippen molar-refractivity contribution in [2.24, 2.45) is 0 Å². The van der Waals surface area contributed by atoms with Crippen molar-refractivity contribution in [3.8, 4) is 0 Å². The molecular weight excluding hydrogens is 248 g/mol. The molecule has 1 atom stereocenters. The van der Waals surface area contributed by atoms with Crippen LogP contribution >= 0.6 is 23.4 Å². The summed E-state index contributed by atoms with van der Waals surface area (Å²) < 4.78 is 5.10. The summed E-state index contributed by atoms with van der Waals surface area (Å²) in [4.78, 5) is 11.7. The number of carboxylic acids is 1. The van der Waals surface area contributed by atoms with Gasteiger partial charge in [0.2, 0.25) is 0 Å². The molecule has 0 heterocycles. The Kier molecular flexibility index (Phi) is 5.66. The van der Waals surface area contributed by atoms with Crippen molar-refractivity contribution in [1.82, 2.24) is 0 Å². The van der Waals surface area contributed by atoms with E-state index in [1.165, 1.54) is 11.8 Å². The van der Waals surface area contributed by atoms with Gasteiger partial charge in [-0.2, -0.15) is 0 Å². The summed E-state index contributed by atoms with van der Waals surface area (Å²) in [7, 11) is 0. The van der Waals surface area contributed by atoms with Crippen molar-refractivity contribution < 1.29 is 14.6 Å². The van der Waals surface area contributed by atoms with Gasteiger partial charge in [-0.05, 0) is 19.1 Å². The van der Waals surface area contributed by atoms with Crippen molar-refractivity contribution in [2.45, 2.75) is 17.9 Å². The van der Waals surface area contributed by atoms with Crippen LogP contribution in [0.5, 0.6) is 0 Å². The molecule has 0 amide bonds. The van der Waals surface area contributed by atoms with Crippen molar-refractivity contribution in [3.63, 3.8) is 0 Å². The molecule has 88 valence electrons. The Bertz CT molecular complexity index is 357. The number of aliphatic carboxylic acids is 1. The van der Waals surface area contributed by atoms with Crippen LogP contribution in [-0.4, -0.2) is 29.5 Å². The van der Waals surface area contributed by atoms with Crippen molar-refractivity contribution in [3.05, 3.63) is 29.3 Å². The molecule has 0 spiro atoms. The second-order valence-electron chi connectivity index (χ2n) is 3.02. The summed E-state index contributed by atoms with van der Waals surface area (Å²) in [6.45, 7) is 2.16. The SMILES string of the molecule is CCOC(CSc1ccccc1Cl)C(=O)O. The molecular formula is C11H13ClO3S. The number of hydrogen-bond acceptors (Lipinski definition) is 3. The summed E-state index contributed by atoms with van der Waals surface area (Å²) >= 11 is 7.34. The van der Waals surface area contributed by atoms with Crippen molar-refractivity contribution in [2.75, 3.05) is 12.4 Å². The molecule has 0 aliphatic rings. The number of thioether (sulfide) groups is 1. The number of carbonyl (C=O) groups is 1. The van der Waals surface area contributed by atoms with Crippen LogP contribution in [0.4, 0.5) is 0 Å². The number of benzene rings is 1. The summed E-state index contributed by atoms with van der Waals surface area (Å²) in [6.07, 6.45) is -0.786. The highest BCUT2D eigenvalue weighted by Gasteiger charge is 2.17. The van der Waals surface area contributed by atoms with Crippen LogP contribution in [0.25, 0.3) is 0 Å². The van der Waals surface area contributed by atoms with Crippen LogP contribution in [0.15, 0.2) is 29.2 Å². The summed E-state index contributed by atoms with van der Waals surface area (Å²) in [5.74, 6) is -0.589. The van der Waals surface area contributed by atoms with Crippen LogP contribution in [0.3, 0.4) is 0 Å². The lowest BCUT2D eigenvalue weighted by Gasteiger charge is -2.12. The first-order valence-electron chi connectivity index (χ1n) is 4.87. The number of carboxylic acid groups (broad SMARTS) is 1. The highest BCUT2D eigenvalue weighted by molar-refractivity contribution is 7.99. The van der Waals surface area contributed by atoms with E-state index in [1.807, 2.05) is 18.2 Å². The first-order chi connectivity index (χ1) is 7.65. The molecule has 3 nitrogen and oxygen atoms in total. The molecule has 0 aromatic heterocycles. The fraction of sp³-hybridized carbons (Fsp3) is 0.364. The first kappa shape index (κ1) is 13.4. The van der Waals surface area contributed by atoms with Gasteiger partial charge in [-0.1, -0.05) is 23.7 Å². The monoisotopic (exact) mass is 260 g/mol. The van der Waals surface area contributed by atoms with E-state index in [4.69, 9.17) is 21.4 Å². The Balaban J connectivity index is 2.55. The van der Waals surface area contributed by atoms with Gasteiger partial charge in [0, 0.05) is 17.3 Å². The normalized spacial score (nSPS) is 12.4. The van der Waals surface area contributed by atoms with Gasteiger partial charge in [0.1, 0.15) is 0 Å². The molecule has 0 saturated carbocycles. The lowest BCUT2D eigenvalue weighted by atomic mass is 10.4. The maximum absolute atomic E-state index is 10.8. The minimum Gasteiger partial charge on any atom is -0.479 e. The fourth-order valence-corrected chi connectivity index (χ4v) is 2.37. The van der Waals surface area contributed by atoms with Gasteiger partial charge in [0.05, 0.1) is 5.02 Å². The molecule has 1 unspecified atom stereocenters. The molecule has 1 aromatic carbocycles. The van der Waals surface area contributed by atoms with Gasteiger partial charge in [0.25, 0.3) is 0 Å². The van der Waals surface area contributed by atoms with Crippen molar-refractivity contribution in [1.29, 1.82) is 0 Å². The standard InChI is InChI=1S/C11H13ClO3S/c1-2-15-9(11(13)14)7-16-10-6-4-3-5-8(10)12/h3-6,9H,2,7H2,1H3,(H,13,14). The third-order valence-electron chi connectivity index (χ3n) is 1.87. The van der Waals surface area contributed by atoms with Crippen LogP contribution in [0.1, 0.15) is 6.92 Å². The molecule has 0 saturated heterocycles. The average Bonchev–Trinajstić information content (AvgIpc) is 2.26. The quantitative estimate of drug-likeness (QED) is 0.799. The Labute approximate surface area is 104 Å². The van der Waals surface area contributed by atoms with Gasteiger partial charge in [-0.15, -0.1) is 11.8 Å². The van der Waals surface area contributed by atoms with Crippen LogP contribution in [0.2, 0.25) is 5.02 Å². The van der Waals surface area contributed by atoms with Gasteiger partial charge in [-0.25, -0.2) is 4.79 Å². The molecule has 5 heteroatoms. The minimum atomic E-state index is -0.943.